The fourth-order valence-corrected chi connectivity index (χ4v) is 6.19. The van der Waals surface area contributed by atoms with E-state index in [0.717, 1.165) is 12.2 Å². The molecule has 1 aromatic rings. The van der Waals surface area contributed by atoms with Gasteiger partial charge in [0, 0.05) is 56.5 Å². The van der Waals surface area contributed by atoms with Crippen LogP contribution >= 0.6 is 0 Å². The highest BCUT2D eigenvalue weighted by Crippen LogP contribution is 2.49. The lowest BCUT2D eigenvalue weighted by Gasteiger charge is -2.39. The molecule has 158 valence electrons. The topological polar surface area (TPSA) is 75.0 Å². The predicted octanol–water partition coefficient (Wildman–Crippen LogP) is 0.861. The summed E-state index contributed by atoms with van der Waals surface area (Å²) < 4.78 is 7.28. The lowest BCUT2D eigenvalue weighted by Crippen LogP contribution is -2.48. The maximum atomic E-state index is 13.6. The molecule has 0 aromatic carbocycles. The minimum absolute atomic E-state index is 0.00539. The van der Waals surface area contributed by atoms with Crippen LogP contribution in [0.1, 0.15) is 37.4 Å². The van der Waals surface area contributed by atoms with Crippen LogP contribution in [-0.2, 0) is 16.1 Å². The van der Waals surface area contributed by atoms with Crippen LogP contribution in [0.3, 0.4) is 0 Å². The van der Waals surface area contributed by atoms with E-state index in [2.05, 4.69) is 4.90 Å². The van der Waals surface area contributed by atoms with Crippen molar-refractivity contribution < 1.29 is 14.6 Å². The number of fused-ring (bicyclic) bond motifs is 4. The maximum Gasteiger partial charge on any atom is 0.250 e. The van der Waals surface area contributed by atoms with Crippen LogP contribution < -0.4 is 5.56 Å². The molecule has 2 bridgehead atoms. The molecule has 7 nitrogen and oxygen atoms in total. The van der Waals surface area contributed by atoms with E-state index in [9.17, 15) is 14.7 Å². The Bertz CT molecular complexity index is 813. The summed E-state index contributed by atoms with van der Waals surface area (Å²) in [6.45, 7) is 3.85. The summed E-state index contributed by atoms with van der Waals surface area (Å²) >= 11 is 0. The first-order valence-electron chi connectivity index (χ1n) is 11.1. The zero-order valence-electron chi connectivity index (χ0n) is 16.9. The molecular formula is C22H31N3O4. The number of hydrogen-bond acceptors (Lipinski definition) is 5. The quantitative estimate of drug-likeness (QED) is 0.810. The number of hydrogen-bond donors (Lipinski definition) is 1. The van der Waals surface area contributed by atoms with Crippen molar-refractivity contribution in [3.63, 3.8) is 0 Å². The molecule has 1 amide bonds. The van der Waals surface area contributed by atoms with E-state index in [-0.39, 0.29) is 42.0 Å². The van der Waals surface area contributed by atoms with E-state index in [1.54, 1.807) is 6.07 Å². The van der Waals surface area contributed by atoms with Crippen molar-refractivity contribution in [1.82, 2.24) is 14.4 Å². The second kappa shape index (κ2) is 7.85. The molecule has 29 heavy (non-hydrogen) atoms. The SMILES string of the molecule is O=C([C@H]1[C@H](CO)[C@H]2Cn3c(cccc3=O)[C@@H]1N2CC1CCCC1)N1CCOCC1. The van der Waals surface area contributed by atoms with Gasteiger partial charge in [-0.1, -0.05) is 18.9 Å². The number of morpholine rings is 1. The largest absolute Gasteiger partial charge is 0.396 e. The molecule has 3 aliphatic heterocycles. The Morgan fingerprint density at radius 3 is 2.66 bits per heavy atom. The first-order valence-corrected chi connectivity index (χ1v) is 11.1. The number of ether oxygens (including phenoxy) is 1. The number of pyridine rings is 1. The second-order valence-electron chi connectivity index (χ2n) is 9.07. The maximum absolute atomic E-state index is 13.6. The third kappa shape index (κ3) is 3.23. The predicted molar refractivity (Wildman–Crippen MR) is 107 cm³/mol. The average Bonchev–Trinajstić information content (AvgIpc) is 3.32. The van der Waals surface area contributed by atoms with E-state index in [0.29, 0.717) is 38.8 Å². The molecule has 4 atom stereocenters. The summed E-state index contributed by atoms with van der Waals surface area (Å²) in [4.78, 5) is 30.6. The minimum atomic E-state index is -0.306. The normalized spacial score (nSPS) is 32.5. The number of aliphatic hydroxyl groups is 1. The third-order valence-electron chi connectivity index (χ3n) is 7.60. The van der Waals surface area contributed by atoms with Crippen molar-refractivity contribution in [3.8, 4) is 0 Å². The highest BCUT2D eigenvalue weighted by Gasteiger charge is 2.56. The van der Waals surface area contributed by atoms with Crippen LogP contribution in [0.2, 0.25) is 0 Å². The lowest BCUT2D eigenvalue weighted by molar-refractivity contribution is -0.142. The molecule has 3 fully saturated rings. The highest BCUT2D eigenvalue weighted by molar-refractivity contribution is 5.81. The van der Waals surface area contributed by atoms with E-state index in [4.69, 9.17) is 4.74 Å². The van der Waals surface area contributed by atoms with Gasteiger partial charge in [0.2, 0.25) is 5.91 Å². The van der Waals surface area contributed by atoms with Gasteiger partial charge in [0.05, 0.1) is 25.2 Å². The fourth-order valence-electron chi connectivity index (χ4n) is 6.19. The minimum Gasteiger partial charge on any atom is -0.396 e. The number of amides is 1. The van der Waals surface area contributed by atoms with Crippen molar-refractivity contribution in [3.05, 3.63) is 34.2 Å². The number of aromatic nitrogens is 1. The average molecular weight is 402 g/mol. The Morgan fingerprint density at radius 1 is 1.17 bits per heavy atom. The second-order valence-corrected chi connectivity index (χ2v) is 9.07. The van der Waals surface area contributed by atoms with Crippen LogP contribution in [0, 0.1) is 17.8 Å². The molecule has 1 aromatic heterocycles. The number of carbonyl (C=O) groups is 1. The number of nitrogens with zero attached hydrogens (tertiary/aromatic N) is 3. The Kier molecular flexibility index (Phi) is 5.22. The molecular weight excluding hydrogens is 370 g/mol. The molecule has 0 radical (unpaired) electrons. The van der Waals surface area contributed by atoms with Crippen LogP contribution in [0.25, 0.3) is 0 Å². The molecule has 0 unspecified atom stereocenters. The monoisotopic (exact) mass is 401 g/mol. The molecule has 1 N–H and O–H groups in total. The van der Waals surface area contributed by atoms with E-state index in [1.165, 1.54) is 25.7 Å². The van der Waals surface area contributed by atoms with Crippen LogP contribution in [-0.4, -0.2) is 70.9 Å². The number of rotatable bonds is 4. The summed E-state index contributed by atoms with van der Waals surface area (Å²) in [5.74, 6) is 0.315. The Morgan fingerprint density at radius 2 is 1.93 bits per heavy atom. The van der Waals surface area contributed by atoms with Gasteiger partial charge < -0.3 is 19.3 Å². The van der Waals surface area contributed by atoms with Crippen LogP contribution in [0.5, 0.6) is 0 Å². The Labute approximate surface area is 171 Å². The smallest absolute Gasteiger partial charge is 0.250 e. The zero-order valence-corrected chi connectivity index (χ0v) is 16.9. The van der Waals surface area contributed by atoms with Crippen molar-refractivity contribution in [1.29, 1.82) is 0 Å². The van der Waals surface area contributed by atoms with Gasteiger partial charge in [-0.2, -0.15) is 0 Å². The Hall–Kier alpha value is -1.70. The van der Waals surface area contributed by atoms with Gasteiger partial charge in [-0.15, -0.1) is 0 Å². The molecule has 1 aliphatic carbocycles. The molecule has 1 saturated carbocycles. The van der Waals surface area contributed by atoms with Gasteiger partial charge in [0.1, 0.15) is 0 Å². The highest BCUT2D eigenvalue weighted by atomic mass is 16.5. The van der Waals surface area contributed by atoms with Crippen LogP contribution in [0.4, 0.5) is 0 Å². The Balaban J connectivity index is 1.54. The van der Waals surface area contributed by atoms with E-state index < -0.39 is 0 Å². The van der Waals surface area contributed by atoms with Gasteiger partial charge in [-0.05, 0) is 24.8 Å². The van der Waals surface area contributed by atoms with Crippen molar-refractivity contribution in [2.45, 2.75) is 44.3 Å². The molecule has 5 rings (SSSR count). The summed E-state index contributed by atoms with van der Waals surface area (Å²) in [5, 5.41) is 10.3. The molecule has 2 saturated heterocycles. The molecule has 0 spiro atoms. The fraction of sp³-hybridized carbons (Fsp3) is 0.727. The number of carbonyl (C=O) groups excluding carboxylic acids is 1. The van der Waals surface area contributed by atoms with Gasteiger partial charge in [0.25, 0.3) is 5.56 Å². The third-order valence-corrected chi connectivity index (χ3v) is 7.60. The van der Waals surface area contributed by atoms with Gasteiger partial charge >= 0.3 is 0 Å². The molecule has 4 aliphatic rings. The van der Waals surface area contributed by atoms with Crippen molar-refractivity contribution in [2.75, 3.05) is 39.5 Å². The van der Waals surface area contributed by atoms with Gasteiger partial charge in [-0.25, -0.2) is 0 Å². The number of aliphatic hydroxyl groups excluding tert-OH is 1. The van der Waals surface area contributed by atoms with Gasteiger partial charge in [-0.3, -0.25) is 14.5 Å². The summed E-state index contributed by atoms with van der Waals surface area (Å²) in [6.07, 6.45) is 5.04. The molecule has 7 heteroatoms. The van der Waals surface area contributed by atoms with Crippen molar-refractivity contribution in [2.24, 2.45) is 17.8 Å². The summed E-state index contributed by atoms with van der Waals surface area (Å²) in [5.41, 5.74) is 0.934. The zero-order chi connectivity index (χ0) is 20.0. The first kappa shape index (κ1) is 19.3. The van der Waals surface area contributed by atoms with Gasteiger partial charge in [0.15, 0.2) is 0 Å². The molecule has 4 heterocycles. The summed E-state index contributed by atoms with van der Waals surface area (Å²) in [6, 6.07) is 5.32. The van der Waals surface area contributed by atoms with E-state index >= 15 is 0 Å². The standard InChI is InChI=1S/C22H31N3O4/c26-14-16-18-13-24-17(6-3-7-19(24)27)21(25(18)12-15-4-1-2-5-15)20(16)22(28)23-8-10-29-11-9-23/h3,6-7,15-16,18,20-21,26H,1-2,4-5,8-14H2/t16-,18-,20+,21+/m1/s1. The van der Waals surface area contributed by atoms with Crippen molar-refractivity contribution >= 4 is 5.91 Å². The van der Waals surface area contributed by atoms with Crippen LogP contribution in [0.15, 0.2) is 23.0 Å². The van der Waals surface area contributed by atoms with E-state index in [1.807, 2.05) is 21.6 Å². The first-order chi connectivity index (χ1) is 14.2. The lowest BCUT2D eigenvalue weighted by atomic mass is 9.86. The summed E-state index contributed by atoms with van der Waals surface area (Å²) in [7, 11) is 0.